The van der Waals surface area contributed by atoms with E-state index in [2.05, 4.69) is 15.3 Å². The molecular formula is C14H12N4O2S. The summed E-state index contributed by atoms with van der Waals surface area (Å²) in [7, 11) is 0. The van der Waals surface area contributed by atoms with Crippen LogP contribution in [-0.2, 0) is 4.79 Å². The van der Waals surface area contributed by atoms with Crippen LogP contribution in [0.4, 0.5) is 0 Å². The second-order valence-electron chi connectivity index (χ2n) is 4.48. The number of fused-ring (bicyclic) bond motifs is 1. The molecule has 0 bridgehead atoms. The van der Waals surface area contributed by atoms with E-state index in [1.54, 1.807) is 4.52 Å². The highest BCUT2D eigenvalue weighted by atomic mass is 32.2. The van der Waals surface area contributed by atoms with E-state index in [9.17, 15) is 4.79 Å². The Balaban J connectivity index is 2.08. The van der Waals surface area contributed by atoms with Gasteiger partial charge in [0.25, 0.3) is 0 Å². The summed E-state index contributed by atoms with van der Waals surface area (Å²) >= 11 is 1.10. The van der Waals surface area contributed by atoms with Crippen LogP contribution in [0.1, 0.15) is 5.56 Å². The molecule has 0 spiro atoms. The Kier molecular flexibility index (Phi) is 3.57. The fraction of sp³-hybridized carbons (Fsp3) is 0.143. The Morgan fingerprint density at radius 1 is 1.29 bits per heavy atom. The molecule has 2 heterocycles. The van der Waals surface area contributed by atoms with Gasteiger partial charge in [0, 0.05) is 5.56 Å². The predicted molar refractivity (Wildman–Crippen MR) is 79.3 cm³/mol. The maximum Gasteiger partial charge on any atom is 0.313 e. The quantitative estimate of drug-likeness (QED) is 0.745. The average molecular weight is 300 g/mol. The predicted octanol–water partition coefficient (Wildman–Crippen LogP) is 2.28. The zero-order valence-electron chi connectivity index (χ0n) is 11.2. The van der Waals surface area contributed by atoms with E-state index < -0.39 is 5.97 Å². The molecule has 0 amide bonds. The molecule has 0 aliphatic heterocycles. The molecule has 0 aliphatic rings. The molecule has 7 heteroatoms. The molecule has 2 aromatic heterocycles. The van der Waals surface area contributed by atoms with Crippen LogP contribution in [0.5, 0.6) is 0 Å². The fourth-order valence-electron chi connectivity index (χ4n) is 1.97. The third kappa shape index (κ3) is 2.73. The van der Waals surface area contributed by atoms with Crippen molar-refractivity contribution in [2.75, 3.05) is 5.75 Å². The first-order valence-corrected chi connectivity index (χ1v) is 7.27. The smallest absolute Gasteiger partial charge is 0.313 e. The lowest BCUT2D eigenvalue weighted by Gasteiger charge is -2.04. The van der Waals surface area contributed by atoms with E-state index in [4.69, 9.17) is 5.11 Å². The van der Waals surface area contributed by atoms with Gasteiger partial charge in [0.15, 0.2) is 5.65 Å². The van der Waals surface area contributed by atoms with Crippen LogP contribution in [0, 0.1) is 6.92 Å². The van der Waals surface area contributed by atoms with Crippen molar-refractivity contribution in [3.63, 3.8) is 0 Å². The number of benzene rings is 1. The number of thioether (sulfide) groups is 1. The molecule has 0 unspecified atom stereocenters. The van der Waals surface area contributed by atoms with Gasteiger partial charge in [-0.3, -0.25) is 4.79 Å². The van der Waals surface area contributed by atoms with Gasteiger partial charge in [0.1, 0.15) is 0 Å². The molecule has 0 aliphatic carbocycles. The third-order valence-corrected chi connectivity index (χ3v) is 3.82. The molecule has 106 valence electrons. The summed E-state index contributed by atoms with van der Waals surface area (Å²) in [5.74, 6) is -0.968. The summed E-state index contributed by atoms with van der Waals surface area (Å²) in [4.78, 5) is 10.7. The third-order valence-electron chi connectivity index (χ3n) is 2.92. The Morgan fingerprint density at radius 2 is 2.05 bits per heavy atom. The zero-order chi connectivity index (χ0) is 14.8. The minimum Gasteiger partial charge on any atom is -0.481 e. The van der Waals surface area contributed by atoms with Gasteiger partial charge in [-0.15, -0.1) is 10.2 Å². The molecule has 1 aromatic carbocycles. The Morgan fingerprint density at radius 3 is 2.76 bits per heavy atom. The van der Waals surface area contributed by atoms with Gasteiger partial charge in [-0.2, -0.15) is 9.61 Å². The lowest BCUT2D eigenvalue weighted by molar-refractivity contribution is -0.133. The molecule has 3 rings (SSSR count). The van der Waals surface area contributed by atoms with Gasteiger partial charge in [0.2, 0.25) is 5.16 Å². The molecule has 0 atom stereocenters. The van der Waals surface area contributed by atoms with Crippen molar-refractivity contribution in [3.05, 3.63) is 42.0 Å². The van der Waals surface area contributed by atoms with Gasteiger partial charge < -0.3 is 5.11 Å². The highest BCUT2D eigenvalue weighted by Gasteiger charge is 2.13. The average Bonchev–Trinajstić information content (AvgIpc) is 2.89. The van der Waals surface area contributed by atoms with Crippen molar-refractivity contribution in [1.29, 1.82) is 0 Å². The van der Waals surface area contributed by atoms with Gasteiger partial charge in [0.05, 0.1) is 11.4 Å². The summed E-state index contributed by atoms with van der Waals surface area (Å²) in [5, 5.41) is 21.9. The molecular weight excluding hydrogens is 288 g/mol. The number of carboxylic acids is 1. The van der Waals surface area contributed by atoms with Crippen molar-refractivity contribution < 1.29 is 9.90 Å². The summed E-state index contributed by atoms with van der Waals surface area (Å²) in [6.07, 6.45) is 0. The van der Waals surface area contributed by atoms with E-state index in [0.717, 1.165) is 28.6 Å². The van der Waals surface area contributed by atoms with Crippen LogP contribution in [-0.4, -0.2) is 36.6 Å². The second-order valence-corrected chi connectivity index (χ2v) is 5.42. The van der Waals surface area contributed by atoms with Crippen molar-refractivity contribution in [3.8, 4) is 11.3 Å². The highest BCUT2D eigenvalue weighted by molar-refractivity contribution is 7.99. The molecule has 21 heavy (non-hydrogen) atoms. The van der Waals surface area contributed by atoms with Crippen LogP contribution in [0.25, 0.3) is 16.9 Å². The number of hydrogen-bond acceptors (Lipinski definition) is 5. The summed E-state index contributed by atoms with van der Waals surface area (Å²) in [6.45, 7) is 1.93. The largest absolute Gasteiger partial charge is 0.481 e. The van der Waals surface area contributed by atoms with Crippen LogP contribution in [0.15, 0.2) is 41.6 Å². The van der Waals surface area contributed by atoms with Crippen molar-refractivity contribution >= 4 is 23.4 Å². The van der Waals surface area contributed by atoms with E-state index in [1.807, 2.05) is 43.3 Å². The Bertz CT molecular complexity index is 801. The van der Waals surface area contributed by atoms with Crippen LogP contribution >= 0.6 is 11.8 Å². The summed E-state index contributed by atoms with van der Waals surface area (Å²) < 4.78 is 1.60. The summed E-state index contributed by atoms with van der Waals surface area (Å²) in [6, 6.07) is 11.7. The molecule has 6 nitrogen and oxygen atoms in total. The first kappa shape index (κ1) is 13.6. The summed E-state index contributed by atoms with van der Waals surface area (Å²) in [5.41, 5.74) is 3.38. The Labute approximate surface area is 124 Å². The van der Waals surface area contributed by atoms with Gasteiger partial charge >= 0.3 is 5.97 Å². The fourth-order valence-corrected chi connectivity index (χ4v) is 2.57. The maximum atomic E-state index is 10.7. The number of carboxylic acid groups (broad SMARTS) is 1. The molecule has 1 N–H and O–H groups in total. The van der Waals surface area contributed by atoms with Crippen LogP contribution in [0.2, 0.25) is 0 Å². The first-order valence-electron chi connectivity index (χ1n) is 6.28. The number of aryl methyl sites for hydroxylation is 1. The topological polar surface area (TPSA) is 80.4 Å². The monoisotopic (exact) mass is 300 g/mol. The SMILES string of the molecule is Cc1cc(-c2ccccc2)nn2c(SCC(=O)O)nnc12. The molecule has 3 aromatic rings. The first-order chi connectivity index (χ1) is 10.1. The lowest BCUT2D eigenvalue weighted by Crippen LogP contribution is -2.02. The number of hydrogen-bond donors (Lipinski definition) is 1. The van der Waals surface area contributed by atoms with Crippen LogP contribution in [0.3, 0.4) is 0 Å². The Hall–Kier alpha value is -2.41. The van der Waals surface area contributed by atoms with E-state index >= 15 is 0 Å². The number of aliphatic carboxylic acids is 1. The van der Waals surface area contributed by atoms with Crippen LogP contribution < -0.4 is 0 Å². The maximum absolute atomic E-state index is 10.7. The van der Waals surface area contributed by atoms with E-state index in [0.29, 0.717) is 10.8 Å². The van der Waals surface area contributed by atoms with E-state index in [1.165, 1.54) is 0 Å². The van der Waals surface area contributed by atoms with Crippen molar-refractivity contribution in [2.45, 2.75) is 12.1 Å². The lowest BCUT2D eigenvalue weighted by atomic mass is 10.1. The zero-order valence-corrected chi connectivity index (χ0v) is 12.0. The van der Waals surface area contributed by atoms with E-state index in [-0.39, 0.29) is 5.75 Å². The minimum absolute atomic E-state index is 0.0723. The van der Waals surface area contributed by atoms with Gasteiger partial charge in [-0.1, -0.05) is 42.1 Å². The molecule has 0 fully saturated rings. The molecule has 0 radical (unpaired) electrons. The molecule has 0 saturated carbocycles. The number of rotatable bonds is 4. The van der Waals surface area contributed by atoms with Crippen molar-refractivity contribution in [1.82, 2.24) is 19.8 Å². The molecule has 0 saturated heterocycles. The standard InChI is InChI=1S/C14H12N4O2S/c1-9-7-11(10-5-3-2-4-6-10)17-18-13(9)15-16-14(18)21-8-12(19)20/h2-7H,8H2,1H3,(H,19,20). The number of nitrogens with zero attached hydrogens (tertiary/aromatic N) is 4. The number of aromatic nitrogens is 4. The van der Waals surface area contributed by atoms with Crippen molar-refractivity contribution in [2.24, 2.45) is 0 Å². The normalized spacial score (nSPS) is 10.9. The van der Waals surface area contributed by atoms with Gasteiger partial charge in [-0.05, 0) is 18.6 Å². The highest BCUT2D eigenvalue weighted by Crippen LogP contribution is 2.22. The minimum atomic E-state index is -0.896. The van der Waals surface area contributed by atoms with Gasteiger partial charge in [-0.25, -0.2) is 0 Å². The number of carbonyl (C=O) groups is 1. The second kappa shape index (κ2) is 5.53.